The van der Waals surface area contributed by atoms with E-state index in [-0.39, 0.29) is 12.1 Å². The highest BCUT2D eigenvalue weighted by Crippen LogP contribution is 2.28. The zero-order valence-electron chi connectivity index (χ0n) is 8.13. The van der Waals surface area contributed by atoms with Crippen molar-refractivity contribution in [3.63, 3.8) is 0 Å². The number of nitrogens with one attached hydrogen (secondary N) is 1. The van der Waals surface area contributed by atoms with Crippen LogP contribution in [0.5, 0.6) is 0 Å². The van der Waals surface area contributed by atoms with E-state index in [1.807, 2.05) is 20.8 Å². The lowest BCUT2D eigenvalue weighted by Crippen LogP contribution is -2.53. The van der Waals surface area contributed by atoms with E-state index in [9.17, 15) is 5.11 Å². The lowest BCUT2D eigenvalue weighted by molar-refractivity contribution is -0.0489. The van der Waals surface area contributed by atoms with Gasteiger partial charge in [0.1, 0.15) is 5.60 Å². The molecule has 1 rings (SSSR count). The van der Waals surface area contributed by atoms with Crippen LogP contribution in [0, 0.1) is 0 Å². The molecule has 0 aromatic rings. The van der Waals surface area contributed by atoms with E-state index in [1.54, 1.807) is 0 Å². The molecular formula is C9H19NO2. The Balaban J connectivity index is 2.56. The fourth-order valence-corrected chi connectivity index (χ4v) is 1.80. The molecule has 0 aromatic carbocycles. The van der Waals surface area contributed by atoms with Crippen LogP contribution < -0.4 is 5.32 Å². The first-order valence-electron chi connectivity index (χ1n) is 4.68. The maximum absolute atomic E-state index is 10.2. The highest BCUT2D eigenvalue weighted by molar-refractivity contribution is 4.97. The van der Waals surface area contributed by atoms with Gasteiger partial charge in [-0.15, -0.1) is 0 Å². The normalized spacial score (nSPS) is 38.5. The Morgan fingerprint density at radius 1 is 1.75 bits per heavy atom. The van der Waals surface area contributed by atoms with Crippen LogP contribution in [-0.2, 0) is 4.74 Å². The van der Waals surface area contributed by atoms with Crippen LogP contribution in [0.15, 0.2) is 0 Å². The van der Waals surface area contributed by atoms with Gasteiger partial charge in [-0.3, -0.25) is 0 Å². The van der Waals surface area contributed by atoms with Crippen molar-refractivity contribution in [3.8, 4) is 0 Å². The first kappa shape index (κ1) is 9.96. The fourth-order valence-electron chi connectivity index (χ4n) is 1.80. The largest absolute Gasteiger partial charge is 0.385 e. The van der Waals surface area contributed by atoms with E-state index < -0.39 is 5.60 Å². The number of hydrogen-bond donors (Lipinski definition) is 2. The Kier molecular flexibility index (Phi) is 3.09. The monoisotopic (exact) mass is 173 g/mol. The van der Waals surface area contributed by atoms with Gasteiger partial charge in [0.25, 0.3) is 0 Å². The van der Waals surface area contributed by atoms with Crippen molar-refractivity contribution in [2.24, 2.45) is 0 Å². The van der Waals surface area contributed by atoms with Crippen LogP contribution in [0.1, 0.15) is 27.2 Å². The molecule has 0 spiro atoms. The topological polar surface area (TPSA) is 41.5 Å². The van der Waals surface area contributed by atoms with Crippen LogP contribution in [0.2, 0.25) is 0 Å². The summed E-state index contributed by atoms with van der Waals surface area (Å²) in [5.74, 6) is 0. The number of aliphatic hydroxyl groups is 1. The zero-order valence-corrected chi connectivity index (χ0v) is 8.13. The Morgan fingerprint density at radius 2 is 2.42 bits per heavy atom. The quantitative estimate of drug-likeness (QED) is 0.654. The molecule has 3 heteroatoms. The number of hydrogen-bond acceptors (Lipinski definition) is 3. The van der Waals surface area contributed by atoms with Gasteiger partial charge >= 0.3 is 0 Å². The van der Waals surface area contributed by atoms with Crippen molar-refractivity contribution in [2.45, 2.75) is 44.9 Å². The highest BCUT2D eigenvalue weighted by Gasteiger charge is 2.43. The molecule has 0 bridgehead atoms. The molecule has 2 N–H and O–H groups in total. The second-order valence-electron chi connectivity index (χ2n) is 3.53. The van der Waals surface area contributed by atoms with Crippen molar-refractivity contribution >= 4 is 0 Å². The van der Waals surface area contributed by atoms with E-state index in [0.29, 0.717) is 6.61 Å². The van der Waals surface area contributed by atoms with Gasteiger partial charge in [0.05, 0.1) is 6.10 Å². The average molecular weight is 173 g/mol. The molecule has 3 unspecified atom stereocenters. The molecule has 0 radical (unpaired) electrons. The summed E-state index contributed by atoms with van der Waals surface area (Å²) in [7, 11) is 0. The van der Waals surface area contributed by atoms with Gasteiger partial charge in [-0.05, 0) is 20.4 Å². The lowest BCUT2D eigenvalue weighted by atomic mass is 9.89. The standard InChI is InChI=1S/C9H19NO2/c1-4-10-7(2)9(11)5-6-12-8(9)3/h7-8,10-11H,4-6H2,1-3H3. The molecular weight excluding hydrogens is 154 g/mol. The molecule has 1 saturated heterocycles. The lowest BCUT2D eigenvalue weighted by Gasteiger charge is -2.33. The van der Waals surface area contributed by atoms with Crippen LogP contribution in [0.3, 0.4) is 0 Å². The first-order valence-corrected chi connectivity index (χ1v) is 4.68. The Hall–Kier alpha value is -0.120. The van der Waals surface area contributed by atoms with E-state index in [0.717, 1.165) is 13.0 Å². The van der Waals surface area contributed by atoms with Crippen molar-refractivity contribution < 1.29 is 9.84 Å². The third kappa shape index (κ3) is 1.63. The summed E-state index contributed by atoms with van der Waals surface area (Å²) >= 11 is 0. The number of rotatable bonds is 3. The van der Waals surface area contributed by atoms with Crippen LogP contribution in [0.25, 0.3) is 0 Å². The molecule has 12 heavy (non-hydrogen) atoms. The predicted molar refractivity (Wildman–Crippen MR) is 48.1 cm³/mol. The molecule has 1 aliphatic rings. The third-order valence-electron chi connectivity index (χ3n) is 2.83. The maximum atomic E-state index is 10.2. The van der Waals surface area contributed by atoms with Crippen molar-refractivity contribution in [3.05, 3.63) is 0 Å². The molecule has 0 saturated carbocycles. The summed E-state index contributed by atoms with van der Waals surface area (Å²) in [5.41, 5.74) is -0.671. The molecule has 0 amide bonds. The molecule has 1 aliphatic heterocycles. The minimum absolute atomic E-state index is 0.0495. The van der Waals surface area contributed by atoms with Crippen LogP contribution in [0.4, 0.5) is 0 Å². The zero-order chi connectivity index (χ0) is 9.19. The molecule has 0 aliphatic carbocycles. The Morgan fingerprint density at radius 3 is 2.83 bits per heavy atom. The van der Waals surface area contributed by atoms with Crippen molar-refractivity contribution in [2.75, 3.05) is 13.2 Å². The number of ether oxygens (including phenoxy) is 1. The van der Waals surface area contributed by atoms with Gasteiger partial charge in [0.2, 0.25) is 0 Å². The van der Waals surface area contributed by atoms with Crippen LogP contribution in [-0.4, -0.2) is 36.0 Å². The minimum Gasteiger partial charge on any atom is -0.385 e. The molecule has 0 aromatic heterocycles. The summed E-state index contributed by atoms with van der Waals surface area (Å²) in [5, 5.41) is 13.4. The maximum Gasteiger partial charge on any atom is 0.108 e. The Bertz CT molecular complexity index is 151. The SMILES string of the molecule is CCNC(C)C1(O)CCOC1C. The van der Waals surface area contributed by atoms with E-state index in [1.165, 1.54) is 0 Å². The van der Waals surface area contributed by atoms with Crippen molar-refractivity contribution in [1.82, 2.24) is 5.32 Å². The van der Waals surface area contributed by atoms with E-state index in [2.05, 4.69) is 5.32 Å². The number of likely N-dealkylation sites (N-methyl/N-ethyl adjacent to an activating group) is 1. The van der Waals surface area contributed by atoms with Crippen molar-refractivity contribution in [1.29, 1.82) is 0 Å². The summed E-state index contributed by atoms with van der Waals surface area (Å²) in [6, 6.07) is 0.111. The van der Waals surface area contributed by atoms with Crippen LogP contribution >= 0.6 is 0 Å². The fraction of sp³-hybridized carbons (Fsp3) is 1.00. The molecule has 72 valence electrons. The predicted octanol–water partition coefficient (Wildman–Crippen LogP) is 0.524. The molecule has 3 nitrogen and oxygen atoms in total. The summed E-state index contributed by atoms with van der Waals surface area (Å²) < 4.78 is 5.35. The molecule has 1 fully saturated rings. The van der Waals surface area contributed by atoms with Gasteiger partial charge in [0, 0.05) is 19.1 Å². The van der Waals surface area contributed by atoms with Gasteiger partial charge in [-0.2, -0.15) is 0 Å². The molecule has 1 heterocycles. The average Bonchev–Trinajstić information content (AvgIpc) is 2.34. The van der Waals surface area contributed by atoms with E-state index >= 15 is 0 Å². The second-order valence-corrected chi connectivity index (χ2v) is 3.53. The second kappa shape index (κ2) is 3.73. The summed E-state index contributed by atoms with van der Waals surface area (Å²) in [6.07, 6.45) is 0.689. The summed E-state index contributed by atoms with van der Waals surface area (Å²) in [6.45, 7) is 7.54. The third-order valence-corrected chi connectivity index (χ3v) is 2.83. The molecule has 3 atom stereocenters. The Labute approximate surface area is 74.1 Å². The smallest absolute Gasteiger partial charge is 0.108 e. The van der Waals surface area contributed by atoms with Gasteiger partial charge in [-0.25, -0.2) is 0 Å². The minimum atomic E-state index is -0.671. The summed E-state index contributed by atoms with van der Waals surface area (Å²) in [4.78, 5) is 0. The highest BCUT2D eigenvalue weighted by atomic mass is 16.5. The van der Waals surface area contributed by atoms with E-state index in [4.69, 9.17) is 4.74 Å². The van der Waals surface area contributed by atoms with Gasteiger partial charge in [-0.1, -0.05) is 6.92 Å². The van der Waals surface area contributed by atoms with Gasteiger partial charge in [0.15, 0.2) is 0 Å². The van der Waals surface area contributed by atoms with Gasteiger partial charge < -0.3 is 15.2 Å². The first-order chi connectivity index (χ1) is 5.61.